The van der Waals surface area contributed by atoms with E-state index in [0.29, 0.717) is 6.04 Å². The van der Waals surface area contributed by atoms with Crippen molar-refractivity contribution in [1.29, 1.82) is 0 Å². The zero-order valence-corrected chi connectivity index (χ0v) is 11.2. The average molecular weight is 256 g/mol. The molecule has 2 nitrogen and oxygen atoms in total. The van der Waals surface area contributed by atoms with Gasteiger partial charge in [0.15, 0.2) is 0 Å². The Labute approximate surface area is 112 Å². The fraction of sp³-hybridized carbons (Fsp3) is 0.267. The molecule has 0 saturated carbocycles. The summed E-state index contributed by atoms with van der Waals surface area (Å²) in [5.74, 6) is 0. The van der Waals surface area contributed by atoms with Crippen molar-refractivity contribution in [2.45, 2.75) is 23.8 Å². The maximum atomic E-state index is 4.51. The zero-order valence-electron chi connectivity index (χ0n) is 10.4. The van der Waals surface area contributed by atoms with Crippen molar-refractivity contribution in [2.24, 2.45) is 0 Å². The van der Waals surface area contributed by atoms with E-state index in [1.54, 1.807) is 11.8 Å². The first kappa shape index (κ1) is 11.6. The molecule has 92 valence electrons. The van der Waals surface area contributed by atoms with Gasteiger partial charge in [0.1, 0.15) is 0 Å². The molecule has 1 aromatic carbocycles. The lowest BCUT2D eigenvalue weighted by atomic mass is 10.2. The monoisotopic (exact) mass is 256 g/mol. The molecule has 2 aromatic rings. The predicted octanol–water partition coefficient (Wildman–Crippen LogP) is 3.90. The van der Waals surface area contributed by atoms with Crippen molar-refractivity contribution in [2.75, 3.05) is 11.6 Å². The van der Waals surface area contributed by atoms with Crippen LogP contribution < -0.4 is 5.32 Å². The van der Waals surface area contributed by atoms with Gasteiger partial charge in [0, 0.05) is 16.8 Å². The minimum Gasteiger partial charge on any atom is -0.377 e. The van der Waals surface area contributed by atoms with Gasteiger partial charge in [-0.1, -0.05) is 12.1 Å². The van der Waals surface area contributed by atoms with Gasteiger partial charge in [-0.25, -0.2) is 0 Å². The van der Waals surface area contributed by atoms with Gasteiger partial charge in [-0.3, -0.25) is 4.98 Å². The maximum absolute atomic E-state index is 4.51. The molecule has 1 aliphatic rings. The number of benzene rings is 1. The Morgan fingerprint density at radius 2 is 2.22 bits per heavy atom. The summed E-state index contributed by atoms with van der Waals surface area (Å²) in [4.78, 5) is 5.80. The van der Waals surface area contributed by atoms with Crippen LogP contribution in [0.5, 0.6) is 0 Å². The molecule has 0 amide bonds. The van der Waals surface area contributed by atoms with Gasteiger partial charge in [-0.05, 0) is 48.9 Å². The smallest absolute Gasteiger partial charge is 0.0691 e. The van der Waals surface area contributed by atoms with Crippen LogP contribution in [0.3, 0.4) is 0 Å². The normalized spacial score (nSPS) is 17.5. The number of nitrogens with one attached hydrogen (secondary N) is 1. The Morgan fingerprint density at radius 1 is 1.28 bits per heavy atom. The van der Waals surface area contributed by atoms with Crippen LogP contribution in [0.1, 0.15) is 23.7 Å². The molecule has 0 spiro atoms. The van der Waals surface area contributed by atoms with Crippen molar-refractivity contribution < 1.29 is 0 Å². The number of aryl methyl sites for hydroxylation is 1. The molecule has 3 heteroatoms. The van der Waals surface area contributed by atoms with E-state index in [4.69, 9.17) is 0 Å². The number of aromatic nitrogens is 1. The molecular formula is C15H16N2S. The van der Waals surface area contributed by atoms with Crippen LogP contribution >= 0.6 is 11.8 Å². The summed E-state index contributed by atoms with van der Waals surface area (Å²) >= 11 is 1.77. The molecule has 18 heavy (non-hydrogen) atoms. The summed E-state index contributed by atoms with van der Waals surface area (Å²) < 4.78 is 0. The van der Waals surface area contributed by atoms with E-state index in [0.717, 1.165) is 12.8 Å². The Hall–Kier alpha value is -1.48. The van der Waals surface area contributed by atoms with E-state index in [2.05, 4.69) is 46.9 Å². The molecule has 0 saturated heterocycles. The molecule has 1 unspecified atom stereocenters. The SMILES string of the molecule is CSc1cccc(NC2CCc3cccnc32)c1. The van der Waals surface area contributed by atoms with Crippen LogP contribution in [0.25, 0.3) is 0 Å². The maximum Gasteiger partial charge on any atom is 0.0691 e. The molecular weight excluding hydrogens is 240 g/mol. The van der Waals surface area contributed by atoms with Crippen LogP contribution in [0, 0.1) is 0 Å². The van der Waals surface area contributed by atoms with Crippen LogP contribution in [0.4, 0.5) is 5.69 Å². The Morgan fingerprint density at radius 3 is 3.11 bits per heavy atom. The highest BCUT2D eigenvalue weighted by Gasteiger charge is 2.23. The van der Waals surface area contributed by atoms with Gasteiger partial charge in [0.25, 0.3) is 0 Å². The predicted molar refractivity (Wildman–Crippen MR) is 77.1 cm³/mol. The number of hydrogen-bond donors (Lipinski definition) is 1. The van der Waals surface area contributed by atoms with Crippen LogP contribution in [-0.4, -0.2) is 11.2 Å². The molecule has 0 bridgehead atoms. The third-order valence-corrected chi connectivity index (χ3v) is 4.09. The van der Waals surface area contributed by atoms with Crippen LogP contribution in [0.15, 0.2) is 47.5 Å². The zero-order chi connectivity index (χ0) is 12.4. The van der Waals surface area contributed by atoms with Gasteiger partial charge < -0.3 is 5.32 Å². The summed E-state index contributed by atoms with van der Waals surface area (Å²) in [5.41, 5.74) is 3.79. The summed E-state index contributed by atoms with van der Waals surface area (Å²) in [7, 11) is 0. The van der Waals surface area contributed by atoms with E-state index >= 15 is 0 Å². The van der Waals surface area contributed by atoms with Crippen molar-refractivity contribution >= 4 is 17.4 Å². The Kier molecular flexibility index (Phi) is 3.24. The molecule has 1 N–H and O–H groups in total. The number of thioether (sulfide) groups is 1. The van der Waals surface area contributed by atoms with Crippen molar-refractivity contribution in [1.82, 2.24) is 4.98 Å². The fourth-order valence-electron chi connectivity index (χ4n) is 2.47. The number of nitrogens with zero attached hydrogens (tertiary/aromatic N) is 1. The van der Waals surface area contributed by atoms with E-state index < -0.39 is 0 Å². The van der Waals surface area contributed by atoms with E-state index in [1.807, 2.05) is 12.3 Å². The number of anilines is 1. The minimum absolute atomic E-state index is 0.360. The summed E-state index contributed by atoms with van der Waals surface area (Å²) in [6.45, 7) is 0. The lowest BCUT2D eigenvalue weighted by molar-refractivity contribution is 0.745. The fourth-order valence-corrected chi connectivity index (χ4v) is 2.93. The molecule has 0 aliphatic heterocycles. The molecule has 0 radical (unpaired) electrons. The largest absolute Gasteiger partial charge is 0.377 e. The summed E-state index contributed by atoms with van der Waals surface area (Å²) in [6.07, 6.45) is 6.25. The van der Waals surface area contributed by atoms with Crippen LogP contribution in [-0.2, 0) is 6.42 Å². The standard InChI is InChI=1S/C15H16N2S/c1-18-13-6-2-5-12(10-13)17-14-8-7-11-4-3-9-16-15(11)14/h2-6,9-10,14,17H,7-8H2,1H3. The summed E-state index contributed by atoms with van der Waals surface area (Å²) in [5, 5.41) is 3.60. The second-order valence-corrected chi connectivity index (χ2v) is 5.39. The van der Waals surface area contributed by atoms with E-state index in [1.165, 1.54) is 21.8 Å². The molecule has 1 atom stereocenters. The first-order valence-corrected chi connectivity index (χ1v) is 7.43. The topological polar surface area (TPSA) is 24.9 Å². The van der Waals surface area contributed by atoms with Crippen molar-refractivity contribution in [3.05, 3.63) is 53.9 Å². The third-order valence-electron chi connectivity index (χ3n) is 3.37. The van der Waals surface area contributed by atoms with Crippen molar-refractivity contribution in [3.63, 3.8) is 0 Å². The first-order chi connectivity index (χ1) is 8.86. The quantitative estimate of drug-likeness (QED) is 0.843. The van der Waals surface area contributed by atoms with Gasteiger partial charge >= 0.3 is 0 Å². The molecule has 1 aliphatic carbocycles. The minimum atomic E-state index is 0.360. The second-order valence-electron chi connectivity index (χ2n) is 4.52. The average Bonchev–Trinajstić information content (AvgIpc) is 2.83. The van der Waals surface area contributed by atoms with E-state index in [9.17, 15) is 0 Å². The molecule has 3 rings (SSSR count). The summed E-state index contributed by atoms with van der Waals surface area (Å²) in [6, 6.07) is 13.1. The van der Waals surface area contributed by atoms with Gasteiger partial charge in [0.05, 0.1) is 11.7 Å². The second kappa shape index (κ2) is 5.02. The third kappa shape index (κ3) is 2.23. The highest BCUT2D eigenvalue weighted by atomic mass is 32.2. The highest BCUT2D eigenvalue weighted by Crippen LogP contribution is 2.32. The Bertz CT molecular complexity index is 554. The van der Waals surface area contributed by atoms with Gasteiger partial charge in [0.2, 0.25) is 0 Å². The molecule has 0 fully saturated rings. The number of hydrogen-bond acceptors (Lipinski definition) is 3. The molecule has 1 heterocycles. The van der Waals surface area contributed by atoms with Gasteiger partial charge in [-0.15, -0.1) is 11.8 Å². The van der Waals surface area contributed by atoms with Gasteiger partial charge in [-0.2, -0.15) is 0 Å². The number of fused-ring (bicyclic) bond motifs is 1. The lowest BCUT2D eigenvalue weighted by Crippen LogP contribution is -2.08. The highest BCUT2D eigenvalue weighted by molar-refractivity contribution is 7.98. The van der Waals surface area contributed by atoms with Crippen LogP contribution in [0.2, 0.25) is 0 Å². The lowest BCUT2D eigenvalue weighted by Gasteiger charge is -2.15. The van der Waals surface area contributed by atoms with Crippen molar-refractivity contribution in [3.8, 4) is 0 Å². The number of rotatable bonds is 3. The van der Waals surface area contributed by atoms with E-state index in [-0.39, 0.29) is 0 Å². The first-order valence-electron chi connectivity index (χ1n) is 6.21. The Balaban J connectivity index is 1.82. The number of pyridine rings is 1. The molecule has 1 aromatic heterocycles.